The fraction of sp³-hybridized carbons (Fsp3) is 0.467. The summed E-state index contributed by atoms with van der Waals surface area (Å²) in [5, 5.41) is 12.0. The van der Waals surface area contributed by atoms with Gasteiger partial charge in [-0.15, -0.1) is 0 Å². The molecule has 1 saturated heterocycles. The second kappa shape index (κ2) is 7.45. The van der Waals surface area contributed by atoms with Gasteiger partial charge in [-0.2, -0.15) is 11.8 Å². The van der Waals surface area contributed by atoms with Crippen molar-refractivity contribution in [3.63, 3.8) is 0 Å². The number of amides is 1. The highest BCUT2D eigenvalue weighted by atomic mass is 32.2. The van der Waals surface area contributed by atoms with Gasteiger partial charge in [-0.05, 0) is 42.0 Å². The molecule has 0 saturated carbocycles. The maximum atomic E-state index is 12.9. The van der Waals surface area contributed by atoms with Crippen molar-refractivity contribution < 1.29 is 19.1 Å². The Morgan fingerprint density at radius 1 is 1.29 bits per heavy atom. The molecule has 114 valence electrons. The highest BCUT2D eigenvalue weighted by molar-refractivity contribution is 7.99. The highest BCUT2D eigenvalue weighted by Gasteiger charge is 2.25. The Kier molecular flexibility index (Phi) is 5.61. The molecule has 1 fully saturated rings. The summed E-state index contributed by atoms with van der Waals surface area (Å²) in [6.07, 6.45) is 1.68. The van der Waals surface area contributed by atoms with Gasteiger partial charge < -0.3 is 10.4 Å². The van der Waals surface area contributed by atoms with E-state index in [1.807, 2.05) is 11.8 Å². The summed E-state index contributed by atoms with van der Waals surface area (Å²) in [6.45, 7) is 0.0312. The van der Waals surface area contributed by atoms with Crippen LogP contribution in [0.15, 0.2) is 24.3 Å². The first-order valence-electron chi connectivity index (χ1n) is 6.91. The molecule has 1 atom stereocenters. The zero-order valence-electron chi connectivity index (χ0n) is 11.5. The standard InChI is InChI=1S/C15H18FNO3S/c16-12-3-1-10(2-4-12)13(15(19)20)9-17-14(18)11-5-7-21-8-6-11/h1-4,11,13H,5-9H2,(H,17,18)(H,19,20). The number of benzene rings is 1. The lowest BCUT2D eigenvalue weighted by Gasteiger charge is -2.22. The maximum Gasteiger partial charge on any atom is 0.312 e. The van der Waals surface area contributed by atoms with E-state index in [-0.39, 0.29) is 18.4 Å². The summed E-state index contributed by atoms with van der Waals surface area (Å²) in [5.41, 5.74) is 0.489. The molecule has 21 heavy (non-hydrogen) atoms. The number of aliphatic carboxylic acids is 1. The second-order valence-corrected chi connectivity index (χ2v) is 6.30. The number of thioether (sulfide) groups is 1. The van der Waals surface area contributed by atoms with E-state index >= 15 is 0 Å². The van der Waals surface area contributed by atoms with Crippen molar-refractivity contribution in [2.45, 2.75) is 18.8 Å². The number of rotatable bonds is 5. The number of carboxylic acid groups (broad SMARTS) is 1. The van der Waals surface area contributed by atoms with Gasteiger partial charge in [0, 0.05) is 12.5 Å². The molecule has 6 heteroatoms. The molecule has 2 rings (SSSR count). The number of nitrogens with one attached hydrogen (secondary N) is 1. The van der Waals surface area contributed by atoms with E-state index in [4.69, 9.17) is 0 Å². The zero-order chi connectivity index (χ0) is 15.2. The predicted molar refractivity (Wildman–Crippen MR) is 79.8 cm³/mol. The number of halogens is 1. The SMILES string of the molecule is O=C(NCC(C(=O)O)c1ccc(F)cc1)C1CCSCC1. The van der Waals surface area contributed by atoms with E-state index in [0.29, 0.717) is 5.56 Å². The van der Waals surface area contributed by atoms with Crippen LogP contribution in [0.4, 0.5) is 4.39 Å². The van der Waals surface area contributed by atoms with Crippen LogP contribution in [0, 0.1) is 11.7 Å². The number of carbonyl (C=O) groups excluding carboxylic acids is 1. The van der Waals surface area contributed by atoms with Crippen molar-refractivity contribution in [2.75, 3.05) is 18.1 Å². The summed E-state index contributed by atoms with van der Waals surface area (Å²) in [4.78, 5) is 23.4. The van der Waals surface area contributed by atoms with Crippen LogP contribution in [0.25, 0.3) is 0 Å². The molecule has 1 aliphatic rings. The molecule has 0 spiro atoms. The van der Waals surface area contributed by atoms with Crippen LogP contribution >= 0.6 is 11.8 Å². The van der Waals surface area contributed by atoms with Crippen LogP contribution in [0.2, 0.25) is 0 Å². The third kappa shape index (κ3) is 4.46. The summed E-state index contributed by atoms with van der Waals surface area (Å²) in [6, 6.07) is 5.34. The first-order valence-corrected chi connectivity index (χ1v) is 8.07. The predicted octanol–water partition coefficient (Wildman–Crippen LogP) is 2.25. The Balaban J connectivity index is 1.95. The van der Waals surface area contributed by atoms with E-state index < -0.39 is 17.7 Å². The molecule has 2 N–H and O–H groups in total. The van der Waals surface area contributed by atoms with Crippen LogP contribution in [0.5, 0.6) is 0 Å². The molecular formula is C15H18FNO3S. The molecule has 0 bridgehead atoms. The summed E-state index contributed by atoms with van der Waals surface area (Å²) in [5.74, 6) is -0.450. The number of carboxylic acids is 1. The first-order chi connectivity index (χ1) is 10.1. The molecule has 1 amide bonds. The van der Waals surface area contributed by atoms with Crippen LogP contribution in [-0.2, 0) is 9.59 Å². The van der Waals surface area contributed by atoms with Crippen LogP contribution in [-0.4, -0.2) is 35.0 Å². The van der Waals surface area contributed by atoms with Crippen LogP contribution in [0.3, 0.4) is 0 Å². The van der Waals surface area contributed by atoms with Crippen LogP contribution < -0.4 is 5.32 Å². The molecule has 4 nitrogen and oxygen atoms in total. The van der Waals surface area contributed by atoms with Gasteiger partial charge in [0.15, 0.2) is 0 Å². The Morgan fingerprint density at radius 2 is 1.90 bits per heavy atom. The molecule has 1 heterocycles. The van der Waals surface area contributed by atoms with E-state index in [2.05, 4.69) is 5.32 Å². The van der Waals surface area contributed by atoms with Gasteiger partial charge in [0.25, 0.3) is 0 Å². The third-order valence-corrected chi connectivity index (χ3v) is 4.69. The first kappa shape index (κ1) is 15.8. The van der Waals surface area contributed by atoms with Crippen LogP contribution in [0.1, 0.15) is 24.3 Å². The Morgan fingerprint density at radius 3 is 2.48 bits per heavy atom. The van der Waals surface area contributed by atoms with Gasteiger partial charge >= 0.3 is 5.97 Å². The minimum Gasteiger partial charge on any atom is -0.481 e. The van der Waals surface area contributed by atoms with Crippen molar-refractivity contribution >= 4 is 23.6 Å². The van der Waals surface area contributed by atoms with Crippen molar-refractivity contribution in [3.05, 3.63) is 35.6 Å². The van der Waals surface area contributed by atoms with Crippen molar-refractivity contribution in [1.29, 1.82) is 0 Å². The average molecular weight is 311 g/mol. The Hall–Kier alpha value is -1.56. The number of hydrogen-bond donors (Lipinski definition) is 2. The van der Waals surface area contributed by atoms with E-state index in [1.54, 1.807) is 0 Å². The average Bonchev–Trinajstić information content (AvgIpc) is 2.49. The summed E-state index contributed by atoms with van der Waals surface area (Å²) in [7, 11) is 0. The lowest BCUT2D eigenvalue weighted by molar-refractivity contribution is -0.138. The molecule has 0 aromatic heterocycles. The molecule has 0 radical (unpaired) electrons. The van der Waals surface area contributed by atoms with E-state index in [9.17, 15) is 19.1 Å². The number of hydrogen-bond acceptors (Lipinski definition) is 3. The normalized spacial score (nSPS) is 17.2. The lowest BCUT2D eigenvalue weighted by atomic mass is 9.98. The Labute approximate surface area is 127 Å². The fourth-order valence-electron chi connectivity index (χ4n) is 2.35. The second-order valence-electron chi connectivity index (χ2n) is 5.07. The monoisotopic (exact) mass is 311 g/mol. The molecule has 0 aliphatic carbocycles. The fourth-order valence-corrected chi connectivity index (χ4v) is 3.46. The van der Waals surface area contributed by atoms with Gasteiger partial charge in [0.2, 0.25) is 5.91 Å². The topological polar surface area (TPSA) is 66.4 Å². The van der Waals surface area contributed by atoms with E-state index in [0.717, 1.165) is 24.3 Å². The van der Waals surface area contributed by atoms with Crippen molar-refractivity contribution in [3.8, 4) is 0 Å². The largest absolute Gasteiger partial charge is 0.481 e. The minimum atomic E-state index is -1.03. The van der Waals surface area contributed by atoms with Gasteiger partial charge in [0.05, 0.1) is 5.92 Å². The Bertz CT molecular complexity index is 500. The molecule has 1 aromatic carbocycles. The minimum absolute atomic E-state index is 0.0195. The maximum absolute atomic E-state index is 12.9. The van der Waals surface area contributed by atoms with Gasteiger partial charge in [0.1, 0.15) is 5.82 Å². The molecular weight excluding hydrogens is 293 g/mol. The van der Waals surface area contributed by atoms with E-state index in [1.165, 1.54) is 24.3 Å². The zero-order valence-corrected chi connectivity index (χ0v) is 12.4. The summed E-state index contributed by atoms with van der Waals surface area (Å²) >= 11 is 1.83. The van der Waals surface area contributed by atoms with Gasteiger partial charge in [-0.3, -0.25) is 9.59 Å². The lowest BCUT2D eigenvalue weighted by Crippen LogP contribution is -2.37. The third-order valence-electron chi connectivity index (χ3n) is 3.64. The summed E-state index contributed by atoms with van der Waals surface area (Å²) < 4.78 is 12.9. The van der Waals surface area contributed by atoms with Gasteiger partial charge in [-0.1, -0.05) is 12.1 Å². The quantitative estimate of drug-likeness (QED) is 0.875. The molecule has 1 aliphatic heterocycles. The highest BCUT2D eigenvalue weighted by Crippen LogP contribution is 2.23. The van der Waals surface area contributed by atoms with Crippen molar-refractivity contribution in [2.24, 2.45) is 5.92 Å². The molecule has 1 aromatic rings. The number of carbonyl (C=O) groups is 2. The van der Waals surface area contributed by atoms with Gasteiger partial charge in [-0.25, -0.2) is 4.39 Å². The smallest absolute Gasteiger partial charge is 0.312 e. The van der Waals surface area contributed by atoms with Crippen molar-refractivity contribution in [1.82, 2.24) is 5.32 Å². The molecule has 1 unspecified atom stereocenters.